The molecule has 0 bridgehead atoms. The average Bonchev–Trinajstić information content (AvgIpc) is 3.47. The van der Waals surface area contributed by atoms with E-state index in [9.17, 15) is 4.79 Å². The molecule has 1 saturated heterocycles. The number of aromatic nitrogens is 2. The Morgan fingerprint density at radius 3 is 2.42 bits per heavy atom. The zero-order chi connectivity index (χ0) is 18.1. The number of nitrogens with one attached hydrogen (secondary N) is 1. The molecule has 2 aromatic heterocycles. The third-order valence-corrected chi connectivity index (χ3v) is 4.79. The van der Waals surface area contributed by atoms with E-state index in [2.05, 4.69) is 34.0 Å². The molecule has 1 aliphatic carbocycles. The summed E-state index contributed by atoms with van der Waals surface area (Å²) in [5.41, 5.74) is 2.36. The Morgan fingerprint density at radius 1 is 1.08 bits per heavy atom. The van der Waals surface area contributed by atoms with Crippen molar-refractivity contribution in [3.05, 3.63) is 47.9 Å². The molecular weight excluding hydrogens is 328 g/mol. The third kappa shape index (κ3) is 3.85. The minimum absolute atomic E-state index is 0.172. The van der Waals surface area contributed by atoms with Crippen LogP contribution in [0.3, 0.4) is 0 Å². The van der Waals surface area contributed by atoms with E-state index >= 15 is 0 Å². The number of ether oxygens (including phenoxy) is 1. The summed E-state index contributed by atoms with van der Waals surface area (Å²) in [5, 5.41) is 2.88. The van der Waals surface area contributed by atoms with Crippen LogP contribution in [0, 0.1) is 0 Å². The van der Waals surface area contributed by atoms with Crippen LogP contribution in [0.25, 0.3) is 0 Å². The van der Waals surface area contributed by atoms with Gasteiger partial charge in [-0.15, -0.1) is 0 Å². The van der Waals surface area contributed by atoms with Crippen LogP contribution < -0.4 is 10.2 Å². The van der Waals surface area contributed by atoms with Crippen LogP contribution in [0.5, 0.6) is 0 Å². The highest BCUT2D eigenvalue weighted by atomic mass is 16.5. The van der Waals surface area contributed by atoms with E-state index in [0.29, 0.717) is 17.2 Å². The Kier molecular flexibility index (Phi) is 4.59. The first-order chi connectivity index (χ1) is 12.6. The number of hydrogen-bond donors (Lipinski definition) is 1. The number of nitrogens with zero attached hydrogens (tertiary/aromatic N) is 3. The number of morpholine rings is 1. The highest BCUT2D eigenvalue weighted by Crippen LogP contribution is 2.38. The molecule has 4 rings (SSSR count). The predicted molar refractivity (Wildman–Crippen MR) is 101 cm³/mol. The van der Waals surface area contributed by atoms with Crippen LogP contribution in [0.1, 0.15) is 48.7 Å². The SMILES string of the molecule is CC1CN(c2ccc(C(=O)Nc3ccc(C4CC4)nc3)cn2)CC(C)O1. The lowest BCUT2D eigenvalue weighted by atomic mass is 10.2. The maximum atomic E-state index is 12.4. The lowest BCUT2D eigenvalue weighted by molar-refractivity contribution is -0.00546. The van der Waals surface area contributed by atoms with E-state index in [-0.39, 0.29) is 18.1 Å². The number of carbonyl (C=O) groups excluding carboxylic acids is 1. The van der Waals surface area contributed by atoms with Gasteiger partial charge >= 0.3 is 0 Å². The molecule has 0 spiro atoms. The molecule has 26 heavy (non-hydrogen) atoms. The van der Waals surface area contributed by atoms with Crippen LogP contribution in [-0.2, 0) is 4.74 Å². The maximum Gasteiger partial charge on any atom is 0.257 e. The smallest absolute Gasteiger partial charge is 0.257 e. The van der Waals surface area contributed by atoms with Gasteiger partial charge in [0.25, 0.3) is 5.91 Å². The first kappa shape index (κ1) is 17.0. The minimum atomic E-state index is -0.172. The van der Waals surface area contributed by atoms with E-state index in [1.54, 1.807) is 12.4 Å². The van der Waals surface area contributed by atoms with Crippen LogP contribution >= 0.6 is 0 Å². The van der Waals surface area contributed by atoms with E-state index in [1.165, 1.54) is 12.8 Å². The molecule has 2 aromatic rings. The fraction of sp³-hybridized carbons (Fsp3) is 0.450. The molecule has 0 aromatic carbocycles. The predicted octanol–water partition coefficient (Wildman–Crippen LogP) is 3.22. The van der Waals surface area contributed by atoms with Crippen LogP contribution in [-0.4, -0.2) is 41.2 Å². The van der Waals surface area contributed by atoms with Gasteiger partial charge in [-0.3, -0.25) is 9.78 Å². The molecule has 3 heterocycles. The summed E-state index contributed by atoms with van der Waals surface area (Å²) in [4.78, 5) is 23.5. The van der Waals surface area contributed by atoms with Crippen molar-refractivity contribution >= 4 is 17.4 Å². The molecule has 2 atom stereocenters. The first-order valence-electron chi connectivity index (χ1n) is 9.22. The Hall–Kier alpha value is -2.47. The van der Waals surface area contributed by atoms with Gasteiger partial charge in [-0.1, -0.05) is 0 Å². The molecule has 1 amide bonds. The zero-order valence-corrected chi connectivity index (χ0v) is 15.2. The van der Waals surface area contributed by atoms with Gasteiger partial charge in [0.15, 0.2) is 0 Å². The van der Waals surface area contributed by atoms with Crippen molar-refractivity contribution in [2.45, 2.75) is 44.8 Å². The van der Waals surface area contributed by atoms with Gasteiger partial charge in [0.05, 0.1) is 29.7 Å². The second kappa shape index (κ2) is 7.03. The molecule has 136 valence electrons. The number of carbonyl (C=O) groups is 1. The molecule has 6 nitrogen and oxygen atoms in total. The lowest BCUT2D eigenvalue weighted by Gasteiger charge is -2.36. The highest BCUT2D eigenvalue weighted by molar-refractivity contribution is 6.04. The van der Waals surface area contributed by atoms with Crippen LogP contribution in [0.2, 0.25) is 0 Å². The number of pyridine rings is 2. The fourth-order valence-corrected chi connectivity index (χ4v) is 3.38. The minimum Gasteiger partial charge on any atom is -0.372 e. The second-order valence-corrected chi connectivity index (χ2v) is 7.27. The zero-order valence-electron chi connectivity index (χ0n) is 15.2. The number of hydrogen-bond acceptors (Lipinski definition) is 5. The van der Waals surface area contributed by atoms with Gasteiger partial charge in [-0.25, -0.2) is 4.98 Å². The molecule has 2 aliphatic rings. The Balaban J connectivity index is 1.40. The van der Waals surface area contributed by atoms with Crippen molar-refractivity contribution in [2.24, 2.45) is 0 Å². The highest BCUT2D eigenvalue weighted by Gasteiger charge is 2.25. The monoisotopic (exact) mass is 352 g/mol. The van der Waals surface area contributed by atoms with Gasteiger partial charge in [0.1, 0.15) is 5.82 Å². The summed E-state index contributed by atoms with van der Waals surface area (Å²) < 4.78 is 5.75. The Labute approximate surface area is 153 Å². The van der Waals surface area contributed by atoms with Gasteiger partial charge in [-0.2, -0.15) is 0 Å². The number of anilines is 2. The summed E-state index contributed by atoms with van der Waals surface area (Å²) in [7, 11) is 0. The van der Waals surface area contributed by atoms with E-state index < -0.39 is 0 Å². The second-order valence-electron chi connectivity index (χ2n) is 7.27. The maximum absolute atomic E-state index is 12.4. The van der Waals surface area contributed by atoms with Crippen molar-refractivity contribution in [1.82, 2.24) is 9.97 Å². The van der Waals surface area contributed by atoms with Crippen molar-refractivity contribution < 1.29 is 9.53 Å². The number of amides is 1. The van der Waals surface area contributed by atoms with Gasteiger partial charge in [0, 0.05) is 30.9 Å². The van der Waals surface area contributed by atoms with Crippen LogP contribution in [0.15, 0.2) is 36.7 Å². The standard InChI is InChI=1S/C20H24N4O2/c1-13-11-24(12-14(2)26-13)19-8-5-16(9-22-19)20(25)23-17-6-7-18(21-10-17)15-3-4-15/h5-10,13-15H,3-4,11-12H2,1-2H3,(H,23,25). The Morgan fingerprint density at radius 2 is 1.85 bits per heavy atom. The van der Waals surface area contributed by atoms with Gasteiger partial charge < -0.3 is 15.0 Å². The fourth-order valence-electron chi connectivity index (χ4n) is 3.38. The first-order valence-corrected chi connectivity index (χ1v) is 9.22. The molecule has 0 radical (unpaired) electrons. The molecule has 2 fully saturated rings. The normalized spacial score (nSPS) is 22.9. The summed E-state index contributed by atoms with van der Waals surface area (Å²) >= 11 is 0. The quantitative estimate of drug-likeness (QED) is 0.915. The van der Waals surface area contributed by atoms with Crippen molar-refractivity contribution in [2.75, 3.05) is 23.3 Å². The number of rotatable bonds is 4. The average molecular weight is 352 g/mol. The summed E-state index contributed by atoms with van der Waals surface area (Å²) in [5.74, 6) is 1.31. The summed E-state index contributed by atoms with van der Waals surface area (Å²) in [6.07, 6.45) is 6.14. The van der Waals surface area contributed by atoms with Crippen LogP contribution in [0.4, 0.5) is 11.5 Å². The largest absolute Gasteiger partial charge is 0.372 e. The molecule has 6 heteroatoms. The lowest BCUT2D eigenvalue weighted by Crippen LogP contribution is -2.45. The summed E-state index contributed by atoms with van der Waals surface area (Å²) in [6, 6.07) is 7.62. The van der Waals surface area contributed by atoms with Crippen molar-refractivity contribution in [3.63, 3.8) is 0 Å². The molecule has 1 saturated carbocycles. The van der Waals surface area contributed by atoms with Gasteiger partial charge in [-0.05, 0) is 51.0 Å². The topological polar surface area (TPSA) is 67.4 Å². The van der Waals surface area contributed by atoms with Crippen molar-refractivity contribution in [1.29, 1.82) is 0 Å². The van der Waals surface area contributed by atoms with Gasteiger partial charge in [0.2, 0.25) is 0 Å². The molecular formula is C20H24N4O2. The van der Waals surface area contributed by atoms with E-state index in [0.717, 1.165) is 24.6 Å². The molecule has 1 aliphatic heterocycles. The third-order valence-electron chi connectivity index (χ3n) is 4.79. The Bertz CT molecular complexity index is 761. The van der Waals surface area contributed by atoms with E-state index in [1.807, 2.05) is 24.3 Å². The summed E-state index contributed by atoms with van der Waals surface area (Å²) in [6.45, 7) is 5.74. The molecule has 1 N–H and O–H groups in total. The van der Waals surface area contributed by atoms with Crippen molar-refractivity contribution in [3.8, 4) is 0 Å². The van der Waals surface area contributed by atoms with E-state index in [4.69, 9.17) is 4.74 Å². The molecule has 2 unspecified atom stereocenters.